The molecular formula is C21H31N5O3S. The number of aliphatic hydroxyl groups excluding tert-OH is 1. The van der Waals surface area contributed by atoms with E-state index >= 15 is 0 Å². The largest absolute Gasteiger partial charge is 0.396 e. The molecule has 6 rings (SSSR count). The van der Waals surface area contributed by atoms with Crippen LogP contribution in [0.25, 0.3) is 5.65 Å². The molecule has 5 atom stereocenters. The van der Waals surface area contributed by atoms with Gasteiger partial charge in [0.05, 0.1) is 29.5 Å². The van der Waals surface area contributed by atoms with Crippen molar-refractivity contribution >= 4 is 22.3 Å². The molecule has 5 heterocycles. The molecule has 3 saturated heterocycles. The van der Waals surface area contributed by atoms with E-state index < -0.39 is 16.6 Å². The van der Waals surface area contributed by atoms with Crippen molar-refractivity contribution in [1.29, 1.82) is 0 Å². The van der Waals surface area contributed by atoms with Crippen molar-refractivity contribution in [1.82, 2.24) is 19.3 Å². The highest BCUT2D eigenvalue weighted by Crippen LogP contribution is 2.66. The highest BCUT2D eigenvalue weighted by Gasteiger charge is 2.72. The topological polar surface area (TPSA) is 92.0 Å². The zero-order valence-electron chi connectivity index (χ0n) is 17.9. The third kappa shape index (κ3) is 2.93. The molecule has 8 nitrogen and oxygen atoms in total. The number of aryl methyl sites for hydroxylation is 1. The Bertz CT molecular complexity index is 996. The number of aliphatic hydroxyl groups is 1. The van der Waals surface area contributed by atoms with Crippen molar-refractivity contribution < 1.29 is 14.1 Å². The maximum Gasteiger partial charge on any atom is 0.183 e. The van der Waals surface area contributed by atoms with E-state index in [1.165, 1.54) is 12.1 Å². The van der Waals surface area contributed by atoms with Gasteiger partial charge in [0.25, 0.3) is 0 Å². The number of nitrogens with zero attached hydrogens (tertiary/aromatic N) is 4. The summed E-state index contributed by atoms with van der Waals surface area (Å²) in [5.74, 6) is 1.84. The summed E-state index contributed by atoms with van der Waals surface area (Å²) >= 11 is 0. The Kier molecular flexibility index (Phi) is 4.92. The number of aromatic nitrogens is 3. The lowest BCUT2D eigenvalue weighted by Gasteiger charge is -2.50. The van der Waals surface area contributed by atoms with Gasteiger partial charge in [0.2, 0.25) is 0 Å². The number of hydrogen-bond donors (Lipinski definition) is 2. The van der Waals surface area contributed by atoms with Gasteiger partial charge < -0.3 is 14.7 Å². The maximum absolute atomic E-state index is 11.9. The Morgan fingerprint density at radius 3 is 3.00 bits per heavy atom. The van der Waals surface area contributed by atoms with Gasteiger partial charge >= 0.3 is 0 Å². The molecule has 30 heavy (non-hydrogen) atoms. The second kappa shape index (κ2) is 7.25. The van der Waals surface area contributed by atoms with E-state index in [1.54, 1.807) is 0 Å². The Labute approximate surface area is 179 Å². The molecule has 0 spiro atoms. The zero-order chi connectivity index (χ0) is 21.1. The average Bonchev–Trinajstić information content (AvgIpc) is 3.47. The van der Waals surface area contributed by atoms with E-state index in [0.29, 0.717) is 30.6 Å². The molecular weight excluding hydrogens is 402 g/mol. The Balaban J connectivity index is 1.44. The molecule has 0 aromatic carbocycles. The monoisotopic (exact) mass is 433 g/mol. The van der Waals surface area contributed by atoms with Gasteiger partial charge in [0.1, 0.15) is 5.60 Å². The van der Waals surface area contributed by atoms with Crippen molar-refractivity contribution in [2.24, 2.45) is 17.3 Å². The molecule has 2 aromatic rings. The van der Waals surface area contributed by atoms with Crippen LogP contribution >= 0.6 is 0 Å². The van der Waals surface area contributed by atoms with Crippen LogP contribution in [-0.4, -0.2) is 62.5 Å². The van der Waals surface area contributed by atoms with Crippen LogP contribution in [0.5, 0.6) is 0 Å². The minimum atomic E-state index is -1.05. The van der Waals surface area contributed by atoms with E-state index in [-0.39, 0.29) is 17.9 Å². The van der Waals surface area contributed by atoms with Gasteiger partial charge in [-0.3, -0.25) is 0 Å². The number of rotatable bonds is 7. The maximum atomic E-state index is 11.9. The molecule has 5 unspecified atom stereocenters. The van der Waals surface area contributed by atoms with Gasteiger partial charge in [0, 0.05) is 43.3 Å². The first-order valence-corrected chi connectivity index (χ1v) is 12.2. The third-order valence-electron chi connectivity index (χ3n) is 7.33. The molecule has 0 radical (unpaired) electrons. The third-order valence-corrected chi connectivity index (χ3v) is 8.33. The van der Waals surface area contributed by atoms with E-state index in [0.717, 1.165) is 30.7 Å². The summed E-state index contributed by atoms with van der Waals surface area (Å²) < 4.78 is 23.1. The molecule has 0 amide bonds. The molecule has 1 aliphatic carbocycles. The van der Waals surface area contributed by atoms with Crippen molar-refractivity contribution in [3.05, 3.63) is 23.7 Å². The predicted molar refractivity (Wildman–Crippen MR) is 116 cm³/mol. The number of fused-ring (bicyclic) bond motifs is 2. The van der Waals surface area contributed by atoms with Gasteiger partial charge in [-0.1, -0.05) is 13.8 Å². The normalized spacial score (nSPS) is 33.9. The molecule has 2 bridgehead atoms. The lowest BCUT2D eigenvalue weighted by Crippen LogP contribution is -2.58. The summed E-state index contributed by atoms with van der Waals surface area (Å²) in [6.45, 7) is 9.50. The SMILES string of the molecule is CCS(=O)NCC12COC(c3nc4c(C)cc(N5CCC(C)C5)cn4n3)(C1)C2CO. The quantitative estimate of drug-likeness (QED) is 0.686. The molecule has 3 aliphatic heterocycles. The van der Waals surface area contributed by atoms with Gasteiger partial charge in [-0.2, -0.15) is 0 Å². The van der Waals surface area contributed by atoms with Gasteiger partial charge in [-0.05, 0) is 37.3 Å². The summed E-state index contributed by atoms with van der Waals surface area (Å²) in [6.07, 6.45) is 4.02. The number of ether oxygens (including phenoxy) is 1. The van der Waals surface area contributed by atoms with Crippen molar-refractivity contribution in [2.75, 3.05) is 43.5 Å². The summed E-state index contributed by atoms with van der Waals surface area (Å²) in [6, 6.07) is 2.19. The predicted octanol–water partition coefficient (Wildman–Crippen LogP) is 1.38. The summed E-state index contributed by atoms with van der Waals surface area (Å²) in [5.41, 5.74) is 2.25. The van der Waals surface area contributed by atoms with Crippen molar-refractivity contribution in [3.8, 4) is 0 Å². The molecule has 1 saturated carbocycles. The van der Waals surface area contributed by atoms with E-state index in [2.05, 4.69) is 35.7 Å². The van der Waals surface area contributed by atoms with Crippen LogP contribution < -0.4 is 9.62 Å². The molecule has 2 N–H and O–H groups in total. The van der Waals surface area contributed by atoms with Crippen LogP contribution in [0, 0.1) is 24.2 Å². The van der Waals surface area contributed by atoms with Crippen LogP contribution in [0.4, 0.5) is 5.69 Å². The van der Waals surface area contributed by atoms with Crippen LogP contribution in [0.2, 0.25) is 0 Å². The lowest BCUT2D eigenvalue weighted by molar-refractivity contribution is -0.113. The van der Waals surface area contributed by atoms with Crippen LogP contribution in [-0.2, 0) is 21.3 Å². The van der Waals surface area contributed by atoms with Crippen molar-refractivity contribution in [2.45, 2.75) is 39.2 Å². The molecule has 4 fully saturated rings. The number of pyridine rings is 1. The number of nitrogens with one attached hydrogen (secondary N) is 1. The van der Waals surface area contributed by atoms with Crippen LogP contribution in [0.1, 0.15) is 38.1 Å². The van der Waals surface area contributed by atoms with Crippen LogP contribution in [0.15, 0.2) is 12.3 Å². The smallest absolute Gasteiger partial charge is 0.183 e. The number of hydrogen-bond acceptors (Lipinski definition) is 6. The van der Waals surface area contributed by atoms with Crippen LogP contribution in [0.3, 0.4) is 0 Å². The molecule has 4 aliphatic rings. The second-order valence-corrected chi connectivity index (χ2v) is 10.9. The van der Waals surface area contributed by atoms with Crippen molar-refractivity contribution in [3.63, 3.8) is 0 Å². The standard InChI is InChI=1S/C21H31N5O3S/c1-4-30(28)22-12-20-11-21(29-13-20,17(20)10-27)19-23-18-15(3)7-16(9-26(18)24-19)25-6-5-14(2)8-25/h7,9,14,17,22,27H,4-6,8,10-13H2,1-3H3. The first-order chi connectivity index (χ1) is 14.4. The molecule has 164 valence electrons. The minimum Gasteiger partial charge on any atom is -0.396 e. The first kappa shape index (κ1) is 20.4. The highest BCUT2D eigenvalue weighted by molar-refractivity contribution is 7.82. The summed E-state index contributed by atoms with van der Waals surface area (Å²) in [7, 11) is -1.05. The fraction of sp³-hybridized carbons (Fsp3) is 0.714. The molecule has 2 aromatic heterocycles. The lowest BCUT2D eigenvalue weighted by atomic mass is 9.54. The zero-order valence-corrected chi connectivity index (χ0v) is 18.7. The summed E-state index contributed by atoms with van der Waals surface area (Å²) in [5, 5.41) is 15.0. The van der Waals surface area contributed by atoms with Gasteiger partial charge in [-0.15, -0.1) is 5.10 Å². The first-order valence-electron chi connectivity index (χ1n) is 10.9. The average molecular weight is 434 g/mol. The fourth-order valence-corrected chi connectivity index (χ4v) is 6.22. The Hall–Kier alpha value is -1.55. The van der Waals surface area contributed by atoms with E-state index in [9.17, 15) is 9.32 Å². The Morgan fingerprint density at radius 2 is 2.30 bits per heavy atom. The van der Waals surface area contributed by atoms with E-state index in [1.807, 2.05) is 11.4 Å². The second-order valence-electron chi connectivity index (χ2n) is 9.33. The van der Waals surface area contributed by atoms with E-state index in [4.69, 9.17) is 14.8 Å². The van der Waals surface area contributed by atoms with Gasteiger partial charge in [-0.25, -0.2) is 18.4 Å². The van der Waals surface area contributed by atoms with Gasteiger partial charge in [0.15, 0.2) is 11.5 Å². The summed E-state index contributed by atoms with van der Waals surface area (Å²) in [4.78, 5) is 7.25. The molecule has 9 heteroatoms. The number of anilines is 1. The highest BCUT2D eigenvalue weighted by atomic mass is 32.2. The minimum absolute atomic E-state index is 0.00584. The fourth-order valence-electron chi connectivity index (χ4n) is 5.57. The Morgan fingerprint density at radius 1 is 1.47 bits per heavy atom.